The van der Waals surface area contributed by atoms with E-state index in [0.717, 1.165) is 0 Å². The number of ether oxygens (including phenoxy) is 1. The third kappa shape index (κ3) is 3.92. The normalized spacial score (nSPS) is 11.8. The zero-order valence-corrected chi connectivity index (χ0v) is 11.5. The minimum absolute atomic E-state index is 0.0739. The second kappa shape index (κ2) is 7.44. The first-order valence-electron chi connectivity index (χ1n) is 6.30. The molecular weight excluding hydrogens is 264 g/mol. The molecule has 0 bridgehead atoms. The van der Waals surface area contributed by atoms with Gasteiger partial charge < -0.3 is 15.2 Å². The Balaban J connectivity index is 3.05. The van der Waals surface area contributed by atoms with Gasteiger partial charge in [0, 0.05) is 19.2 Å². The van der Waals surface area contributed by atoms with Gasteiger partial charge >= 0.3 is 0 Å². The van der Waals surface area contributed by atoms with E-state index in [1.165, 1.54) is 18.2 Å². The van der Waals surface area contributed by atoms with Crippen molar-refractivity contribution < 1.29 is 19.6 Å². The lowest BCUT2D eigenvalue weighted by atomic mass is 10.1. The molecule has 0 aromatic heterocycles. The molecule has 0 heterocycles. The molecule has 0 fully saturated rings. The highest BCUT2D eigenvalue weighted by molar-refractivity contribution is 6.00. The van der Waals surface area contributed by atoms with Gasteiger partial charge in [0.15, 0.2) is 5.56 Å². The number of carbonyl (C=O) groups is 1. The van der Waals surface area contributed by atoms with Crippen LogP contribution in [0.25, 0.3) is 0 Å². The lowest BCUT2D eigenvalue weighted by molar-refractivity contribution is -0.385. The van der Waals surface area contributed by atoms with Crippen molar-refractivity contribution in [3.05, 3.63) is 33.9 Å². The molecule has 0 saturated heterocycles. The highest BCUT2D eigenvalue weighted by atomic mass is 16.6. The highest BCUT2D eigenvalue weighted by Gasteiger charge is 2.25. The summed E-state index contributed by atoms with van der Waals surface area (Å²) in [6, 6.07) is 4.24. The lowest BCUT2D eigenvalue weighted by Gasteiger charge is -2.12. The number of hydrogen-bond donors (Lipinski definition) is 2. The minimum Gasteiger partial charge on any atom is -0.493 e. The van der Waals surface area contributed by atoms with E-state index < -0.39 is 10.8 Å². The summed E-state index contributed by atoms with van der Waals surface area (Å²) in [7, 11) is 0. The number of carbonyl (C=O) groups excluding carboxylic acids is 1. The highest BCUT2D eigenvalue weighted by Crippen LogP contribution is 2.28. The third-order valence-electron chi connectivity index (χ3n) is 2.65. The molecule has 0 spiro atoms. The summed E-state index contributed by atoms with van der Waals surface area (Å²) >= 11 is 0. The molecule has 1 aromatic rings. The van der Waals surface area contributed by atoms with E-state index in [0.29, 0.717) is 6.61 Å². The Labute approximate surface area is 116 Å². The van der Waals surface area contributed by atoms with Crippen molar-refractivity contribution in [3.8, 4) is 5.75 Å². The van der Waals surface area contributed by atoms with E-state index >= 15 is 0 Å². The van der Waals surface area contributed by atoms with Crippen LogP contribution < -0.4 is 10.1 Å². The molecule has 20 heavy (non-hydrogen) atoms. The molecule has 1 rings (SSSR count). The molecule has 1 aromatic carbocycles. The molecule has 0 saturated carbocycles. The van der Waals surface area contributed by atoms with E-state index in [2.05, 4.69) is 5.32 Å². The summed E-state index contributed by atoms with van der Waals surface area (Å²) in [5.74, 6) is -0.533. The summed E-state index contributed by atoms with van der Waals surface area (Å²) < 4.78 is 5.27. The SMILES string of the molecule is CCOc1cccc([N+](=O)[O-])c1C(=O)NCC(C)CO. The molecule has 1 atom stereocenters. The Kier molecular flexibility index (Phi) is 5.92. The fourth-order valence-corrected chi connectivity index (χ4v) is 1.60. The molecule has 0 radical (unpaired) electrons. The van der Waals surface area contributed by atoms with Gasteiger partial charge in [-0.15, -0.1) is 0 Å². The standard InChI is InChI=1S/C13H18N2O5/c1-3-20-11-6-4-5-10(15(18)19)12(11)13(17)14-7-9(2)8-16/h4-6,9,16H,3,7-8H2,1-2H3,(H,14,17). The Hall–Kier alpha value is -2.15. The Morgan fingerprint density at radius 3 is 2.80 bits per heavy atom. The number of benzene rings is 1. The Morgan fingerprint density at radius 1 is 1.55 bits per heavy atom. The average molecular weight is 282 g/mol. The Bertz CT molecular complexity index is 490. The zero-order chi connectivity index (χ0) is 15.1. The van der Waals surface area contributed by atoms with Crippen molar-refractivity contribution in [2.24, 2.45) is 5.92 Å². The number of hydrogen-bond acceptors (Lipinski definition) is 5. The second-order valence-electron chi connectivity index (χ2n) is 4.34. The van der Waals surface area contributed by atoms with Gasteiger partial charge in [-0.2, -0.15) is 0 Å². The van der Waals surface area contributed by atoms with Crippen LogP contribution in [0, 0.1) is 16.0 Å². The summed E-state index contributed by atoms with van der Waals surface area (Å²) in [6.45, 7) is 3.94. The van der Waals surface area contributed by atoms with Gasteiger partial charge in [0.2, 0.25) is 0 Å². The molecular formula is C13H18N2O5. The van der Waals surface area contributed by atoms with Gasteiger partial charge in [0.05, 0.1) is 11.5 Å². The van der Waals surface area contributed by atoms with Gasteiger partial charge in [0.25, 0.3) is 11.6 Å². The first-order valence-corrected chi connectivity index (χ1v) is 6.30. The van der Waals surface area contributed by atoms with Crippen molar-refractivity contribution >= 4 is 11.6 Å². The van der Waals surface area contributed by atoms with Crippen LogP contribution in [0.5, 0.6) is 5.75 Å². The van der Waals surface area contributed by atoms with Crippen LogP contribution in [0.3, 0.4) is 0 Å². The summed E-state index contributed by atoms with van der Waals surface area (Å²) in [4.78, 5) is 22.5. The van der Waals surface area contributed by atoms with Gasteiger partial charge in [-0.25, -0.2) is 0 Å². The predicted octanol–water partition coefficient (Wildman–Crippen LogP) is 1.35. The average Bonchev–Trinajstić information content (AvgIpc) is 2.44. The second-order valence-corrected chi connectivity index (χ2v) is 4.34. The van der Waals surface area contributed by atoms with Crippen LogP contribution >= 0.6 is 0 Å². The molecule has 2 N–H and O–H groups in total. The number of nitrogens with one attached hydrogen (secondary N) is 1. The Morgan fingerprint density at radius 2 is 2.25 bits per heavy atom. The number of rotatable bonds is 7. The van der Waals surface area contributed by atoms with E-state index in [9.17, 15) is 14.9 Å². The molecule has 1 unspecified atom stereocenters. The monoisotopic (exact) mass is 282 g/mol. The predicted molar refractivity (Wildman–Crippen MR) is 72.8 cm³/mol. The van der Waals surface area contributed by atoms with Gasteiger partial charge in [0.1, 0.15) is 5.75 Å². The largest absolute Gasteiger partial charge is 0.493 e. The fourth-order valence-electron chi connectivity index (χ4n) is 1.60. The van der Waals surface area contributed by atoms with Gasteiger partial charge in [-0.05, 0) is 18.9 Å². The van der Waals surface area contributed by atoms with E-state index in [4.69, 9.17) is 9.84 Å². The van der Waals surface area contributed by atoms with Crippen LogP contribution in [0.4, 0.5) is 5.69 Å². The molecule has 0 aliphatic rings. The maximum absolute atomic E-state index is 12.1. The van der Waals surface area contributed by atoms with Crippen LogP contribution in [-0.4, -0.2) is 35.7 Å². The van der Waals surface area contributed by atoms with Crippen molar-refractivity contribution in [2.75, 3.05) is 19.8 Å². The summed E-state index contributed by atoms with van der Waals surface area (Å²) in [5, 5.41) is 22.5. The van der Waals surface area contributed by atoms with Crippen LogP contribution in [-0.2, 0) is 0 Å². The number of aliphatic hydroxyl groups is 1. The van der Waals surface area contributed by atoms with Crippen LogP contribution in [0.2, 0.25) is 0 Å². The molecule has 0 aliphatic carbocycles. The topological polar surface area (TPSA) is 102 Å². The maximum Gasteiger partial charge on any atom is 0.285 e. The third-order valence-corrected chi connectivity index (χ3v) is 2.65. The van der Waals surface area contributed by atoms with E-state index in [-0.39, 0.29) is 36.1 Å². The minimum atomic E-state index is -0.618. The zero-order valence-electron chi connectivity index (χ0n) is 11.5. The van der Waals surface area contributed by atoms with Gasteiger partial charge in [-0.3, -0.25) is 14.9 Å². The smallest absolute Gasteiger partial charge is 0.285 e. The molecule has 7 nitrogen and oxygen atoms in total. The van der Waals surface area contributed by atoms with Crippen molar-refractivity contribution in [1.82, 2.24) is 5.32 Å². The fraction of sp³-hybridized carbons (Fsp3) is 0.462. The quantitative estimate of drug-likeness (QED) is 0.580. The first kappa shape index (κ1) is 15.9. The molecule has 1 amide bonds. The number of amides is 1. The van der Waals surface area contributed by atoms with Crippen molar-refractivity contribution in [1.29, 1.82) is 0 Å². The van der Waals surface area contributed by atoms with Crippen LogP contribution in [0.15, 0.2) is 18.2 Å². The first-order chi connectivity index (χ1) is 9.51. The number of nitro groups is 1. The molecule has 110 valence electrons. The maximum atomic E-state index is 12.1. The lowest BCUT2D eigenvalue weighted by Crippen LogP contribution is -2.30. The van der Waals surface area contributed by atoms with Crippen molar-refractivity contribution in [3.63, 3.8) is 0 Å². The van der Waals surface area contributed by atoms with Crippen LogP contribution in [0.1, 0.15) is 24.2 Å². The number of aliphatic hydroxyl groups excluding tert-OH is 1. The van der Waals surface area contributed by atoms with E-state index in [1.54, 1.807) is 13.8 Å². The molecule has 7 heteroatoms. The van der Waals surface area contributed by atoms with Crippen molar-refractivity contribution in [2.45, 2.75) is 13.8 Å². The number of nitro benzene ring substituents is 1. The molecule has 0 aliphatic heterocycles. The summed E-state index contributed by atoms with van der Waals surface area (Å²) in [5.41, 5.74) is -0.394. The summed E-state index contributed by atoms with van der Waals surface area (Å²) in [6.07, 6.45) is 0. The number of nitrogens with zero attached hydrogens (tertiary/aromatic N) is 1. The van der Waals surface area contributed by atoms with E-state index in [1.807, 2.05) is 0 Å². The van der Waals surface area contributed by atoms with Gasteiger partial charge in [-0.1, -0.05) is 13.0 Å².